The fourth-order valence-electron chi connectivity index (χ4n) is 0. The summed E-state index contributed by atoms with van der Waals surface area (Å²) in [5, 5.41) is 13.9. The molecule has 0 heterocycles. The molecule has 0 aliphatic carbocycles. The van der Waals surface area contributed by atoms with E-state index >= 15 is 0 Å². The van der Waals surface area contributed by atoms with Crippen LogP contribution in [-0.4, -0.2) is 16.4 Å². The molecule has 0 fully saturated rings. The van der Waals surface area contributed by atoms with Gasteiger partial charge in [-0.2, -0.15) is 0 Å². The van der Waals surface area contributed by atoms with Crippen LogP contribution in [0.2, 0.25) is 0 Å². The van der Waals surface area contributed by atoms with E-state index in [-0.39, 0.29) is 71.2 Å². The summed E-state index contributed by atoms with van der Waals surface area (Å²) in [5.74, 6) is 0. The van der Waals surface area contributed by atoms with E-state index in [1.807, 2.05) is 0 Å². The van der Waals surface area contributed by atoms with E-state index in [1.54, 1.807) is 0 Å². The van der Waals surface area contributed by atoms with Crippen molar-refractivity contribution in [3.05, 3.63) is 0 Å². The monoisotopic (exact) mass is 340 g/mol. The standard InChI is InChI=1S/CH2O3.2La/c2-1(3)4;;/h(H2,2,3,4);;. The van der Waals surface area contributed by atoms with E-state index in [0.717, 1.165) is 0 Å². The average molecular weight is 340 g/mol. The minimum absolute atomic E-state index is 0. The minimum Gasteiger partial charge on any atom is -0.450 e. The zero-order valence-corrected chi connectivity index (χ0v) is 10.2. The van der Waals surface area contributed by atoms with E-state index in [4.69, 9.17) is 15.0 Å². The minimum atomic E-state index is -1.83. The van der Waals surface area contributed by atoms with Crippen molar-refractivity contribution in [1.82, 2.24) is 0 Å². The van der Waals surface area contributed by atoms with E-state index in [9.17, 15) is 0 Å². The van der Waals surface area contributed by atoms with Crippen LogP contribution in [0.3, 0.4) is 0 Å². The largest absolute Gasteiger partial charge is 0.503 e. The molecule has 0 rings (SSSR count). The molecule has 2 N–H and O–H groups in total. The number of carbonyl (C=O) groups is 1. The van der Waals surface area contributed by atoms with Gasteiger partial charge in [0.2, 0.25) is 0 Å². The maximum atomic E-state index is 8.56. The molecule has 0 saturated carbocycles. The Kier molecular flexibility index (Phi) is 25.6. The Bertz CT molecular complexity index is 31.8. The van der Waals surface area contributed by atoms with Gasteiger partial charge < -0.3 is 10.2 Å². The molecule has 0 bridgehead atoms. The smallest absolute Gasteiger partial charge is 0.450 e. The molecule has 0 aromatic heterocycles. The molecule has 3 nitrogen and oxygen atoms in total. The Hall–Kier alpha value is 1.66. The first-order valence-electron chi connectivity index (χ1n) is 0.651. The van der Waals surface area contributed by atoms with Crippen molar-refractivity contribution in [2.45, 2.75) is 0 Å². The van der Waals surface area contributed by atoms with Gasteiger partial charge in [-0.05, 0) is 0 Å². The van der Waals surface area contributed by atoms with Crippen LogP contribution in [0.5, 0.6) is 0 Å². The number of hydrogen-bond donors (Lipinski definition) is 2. The van der Waals surface area contributed by atoms with E-state index in [1.165, 1.54) is 0 Å². The SMILES string of the molecule is O=C(O)O.[La].[La]. The van der Waals surface area contributed by atoms with Gasteiger partial charge in [-0.25, -0.2) is 4.79 Å². The predicted octanol–water partition coefficient (Wildman–Crippen LogP) is 0.222. The molecular formula is CH2La2O3. The number of hydrogen-bond acceptors (Lipinski definition) is 1. The van der Waals surface area contributed by atoms with Gasteiger partial charge in [0.25, 0.3) is 0 Å². The molecule has 30 valence electrons. The molecule has 6 heavy (non-hydrogen) atoms. The normalized spacial score (nSPS) is 4.00. The van der Waals surface area contributed by atoms with Crippen LogP contribution in [0.15, 0.2) is 0 Å². The van der Waals surface area contributed by atoms with Crippen molar-refractivity contribution in [2.24, 2.45) is 0 Å². The molecule has 0 aliphatic heterocycles. The summed E-state index contributed by atoms with van der Waals surface area (Å²) in [6.07, 6.45) is -1.83. The molecule has 0 aliphatic rings. The Morgan fingerprint density at radius 1 is 1.17 bits per heavy atom. The molecule has 0 atom stereocenters. The van der Waals surface area contributed by atoms with Crippen molar-refractivity contribution in [3.63, 3.8) is 0 Å². The fraction of sp³-hybridized carbons (Fsp3) is 0. The van der Waals surface area contributed by atoms with Gasteiger partial charge in [-0.1, -0.05) is 0 Å². The van der Waals surface area contributed by atoms with Gasteiger partial charge in [0.15, 0.2) is 0 Å². The molecular weight excluding hydrogens is 338 g/mol. The van der Waals surface area contributed by atoms with E-state index in [0.29, 0.717) is 0 Å². The van der Waals surface area contributed by atoms with Gasteiger partial charge in [-0.3, -0.25) is 0 Å². The van der Waals surface area contributed by atoms with Crippen LogP contribution in [0.1, 0.15) is 0 Å². The quantitative estimate of drug-likeness (QED) is 0.664. The second-order valence-electron chi connectivity index (χ2n) is 0.283. The van der Waals surface area contributed by atoms with Crippen molar-refractivity contribution in [2.75, 3.05) is 0 Å². The van der Waals surface area contributed by atoms with Crippen LogP contribution in [0, 0.1) is 71.2 Å². The van der Waals surface area contributed by atoms with Crippen LogP contribution >= 0.6 is 0 Å². The Balaban J connectivity index is -0.0000000450. The van der Waals surface area contributed by atoms with Crippen LogP contribution in [-0.2, 0) is 0 Å². The van der Waals surface area contributed by atoms with Crippen molar-refractivity contribution in [3.8, 4) is 0 Å². The molecule has 0 aromatic carbocycles. The van der Waals surface area contributed by atoms with E-state index < -0.39 is 6.16 Å². The first-order chi connectivity index (χ1) is 1.73. The van der Waals surface area contributed by atoms with Gasteiger partial charge >= 0.3 is 6.16 Å². The number of rotatable bonds is 0. The summed E-state index contributed by atoms with van der Waals surface area (Å²) in [4.78, 5) is 8.56. The first kappa shape index (κ1) is 15.6. The maximum Gasteiger partial charge on any atom is 0.503 e. The van der Waals surface area contributed by atoms with Crippen LogP contribution in [0.25, 0.3) is 0 Å². The topological polar surface area (TPSA) is 57.5 Å². The second kappa shape index (κ2) is 9.82. The maximum absolute atomic E-state index is 8.56. The van der Waals surface area contributed by atoms with Crippen LogP contribution in [0.4, 0.5) is 4.79 Å². The molecule has 0 unspecified atom stereocenters. The molecule has 0 aromatic rings. The number of carboxylic acid groups (broad SMARTS) is 2. The van der Waals surface area contributed by atoms with Gasteiger partial charge in [-0.15, -0.1) is 0 Å². The summed E-state index contributed by atoms with van der Waals surface area (Å²) in [6, 6.07) is 0. The predicted molar refractivity (Wildman–Crippen MR) is 10.7 cm³/mol. The van der Waals surface area contributed by atoms with Crippen molar-refractivity contribution in [1.29, 1.82) is 0 Å². The van der Waals surface area contributed by atoms with Gasteiger partial charge in [0.05, 0.1) is 0 Å². The Morgan fingerprint density at radius 3 is 1.17 bits per heavy atom. The third-order valence-corrected chi connectivity index (χ3v) is 0. The summed E-state index contributed by atoms with van der Waals surface area (Å²) >= 11 is 0. The molecule has 0 saturated heterocycles. The first-order valence-corrected chi connectivity index (χ1v) is 0.651. The zero-order chi connectivity index (χ0) is 3.58. The van der Waals surface area contributed by atoms with Gasteiger partial charge in [0, 0.05) is 71.2 Å². The molecule has 0 spiro atoms. The third kappa shape index (κ3) is 44.6. The molecule has 5 heteroatoms. The average Bonchev–Trinajstić information content (AvgIpc) is 0.811. The Labute approximate surface area is 90.7 Å². The van der Waals surface area contributed by atoms with Crippen molar-refractivity contribution >= 4 is 6.16 Å². The van der Waals surface area contributed by atoms with Gasteiger partial charge in [0.1, 0.15) is 0 Å². The molecule has 0 amide bonds. The fourth-order valence-corrected chi connectivity index (χ4v) is 0. The second-order valence-corrected chi connectivity index (χ2v) is 0.283. The van der Waals surface area contributed by atoms with Crippen molar-refractivity contribution < 1.29 is 86.2 Å². The summed E-state index contributed by atoms with van der Waals surface area (Å²) in [7, 11) is 0. The zero-order valence-electron chi connectivity index (χ0n) is 2.96. The summed E-state index contributed by atoms with van der Waals surface area (Å²) in [6.45, 7) is 0. The van der Waals surface area contributed by atoms with E-state index in [2.05, 4.69) is 0 Å². The summed E-state index contributed by atoms with van der Waals surface area (Å²) in [5.41, 5.74) is 0. The molecule has 2 radical (unpaired) electrons. The van der Waals surface area contributed by atoms with Crippen LogP contribution < -0.4 is 0 Å². The third-order valence-electron chi connectivity index (χ3n) is 0. The Morgan fingerprint density at radius 2 is 1.17 bits per heavy atom. The summed E-state index contributed by atoms with van der Waals surface area (Å²) < 4.78 is 0.